The zero-order valence-corrected chi connectivity index (χ0v) is 51.5. The van der Waals surface area contributed by atoms with Crippen molar-refractivity contribution in [3.05, 3.63) is 80.7 Å². The molecule has 2 aromatic heterocycles. The molecule has 498 valence electrons. The van der Waals surface area contributed by atoms with Gasteiger partial charge in [-0.1, -0.05) is 42.5 Å². The number of hydrogen-bond donors (Lipinski definition) is 18. The molecule has 2 aliphatic heterocycles. The second-order valence-electron chi connectivity index (χ2n) is 21.7. The molecule has 5 rings (SSSR count). The van der Waals surface area contributed by atoms with Gasteiger partial charge in [-0.15, -0.1) is 22.7 Å². The van der Waals surface area contributed by atoms with Gasteiger partial charge in [-0.2, -0.15) is 0 Å². The molecular weight excluding hydrogens is 1230 g/mol. The number of rotatable bonds is 36. The number of nitrogens with two attached hydrogens (primary N) is 7. The van der Waals surface area contributed by atoms with Gasteiger partial charge in [0, 0.05) is 74.6 Å². The van der Waals surface area contributed by atoms with E-state index >= 15 is 0 Å². The Bertz CT molecular complexity index is 3020. The van der Waals surface area contributed by atoms with Crippen LogP contribution < -0.4 is 77.4 Å². The highest BCUT2D eigenvalue weighted by atomic mass is 32.1. The van der Waals surface area contributed by atoms with Crippen LogP contribution in [0.3, 0.4) is 0 Å². The topological polar surface area (TPSA) is 562 Å². The molecule has 0 aliphatic carbocycles. The normalized spacial score (nSPS) is 18.3. The number of carbonyl (C=O) groups excluding carboxylic acids is 9. The van der Waals surface area contributed by atoms with Crippen LogP contribution in [-0.4, -0.2) is 220 Å². The van der Waals surface area contributed by atoms with Gasteiger partial charge in [0.05, 0.1) is 31.4 Å². The molecule has 0 radical (unpaired) electrons. The molecule has 4 heterocycles. The standard InChI is InChI=1S/C56H83N19O14S2/c57-35(13-4-16-64-54(58)59)45(80)69-36(14-5-17-65-55(60)61)51(86)75-28-32(78)23-43(75)52(87)74-27-31(77)22-42(74)50(85)67-26-44(79)68-39(24-33-11-7-19-90-33)47(82)73-41(29-76)49(84)71-38(21-30-9-2-1-3-10-30)46(81)72-40(25-34-12-8-20-91-34)48(83)70-37(53(88)89)15-6-18-66-56(62)63/h1-3,7-12,19-20,31-32,35-43,76-78H,4-6,13-18,21-29,57H2,(H,67,85)(H,68,79)(H,69,80)(H,70,83)(H,71,84)(H,72,81)(H,73,82)(H,88,89)(H4,58,59,64)(H4,60,61,65)(H4,62,63,66)/t31-,32-,35-,36+,37+,38-,39+,40+,41+,42+,43+/m1/s1. The van der Waals surface area contributed by atoms with Crippen molar-refractivity contribution in [2.75, 3.05) is 45.9 Å². The third-order valence-electron chi connectivity index (χ3n) is 14.5. The molecule has 9 amide bonds. The number of β-amino-alcohol motifs (C(OH)–C–C–N with tert-alkyl or cyclic N) is 2. The Morgan fingerprint density at radius 1 is 0.538 bits per heavy atom. The summed E-state index contributed by atoms with van der Waals surface area (Å²) in [6, 6.07) is 2.64. The van der Waals surface area contributed by atoms with Crippen LogP contribution in [-0.2, 0) is 67.2 Å². The van der Waals surface area contributed by atoms with Gasteiger partial charge in [-0.05, 0) is 67.0 Å². The van der Waals surface area contributed by atoms with Gasteiger partial charge < -0.3 is 108 Å². The van der Waals surface area contributed by atoms with E-state index in [4.69, 9.17) is 40.1 Å². The SMILES string of the molecule is NC(N)=NCCC[C@@H](N)C(=O)N[C@@H](CCCN=C(N)N)C(=O)N1C[C@H](O)C[C@H]1C(=O)N1C[C@H](O)C[C@H]1C(=O)NCC(=O)N[C@@H](Cc1cccs1)C(=O)N[C@@H](CO)C(=O)N[C@H](Cc1ccccc1)C(=O)N[C@@H](Cc1cccs1)C(=O)N[C@@H](CCCN=C(N)N)C(=O)O. The first-order chi connectivity index (χ1) is 43.3. The Morgan fingerprint density at radius 2 is 0.989 bits per heavy atom. The van der Waals surface area contributed by atoms with Gasteiger partial charge in [0.15, 0.2) is 17.9 Å². The average Bonchev–Trinajstić information content (AvgIpc) is 1.99. The number of amides is 9. The first-order valence-corrected chi connectivity index (χ1v) is 31.0. The second kappa shape index (κ2) is 36.6. The number of carboxylic acids is 1. The van der Waals surface area contributed by atoms with Gasteiger partial charge in [0.25, 0.3) is 0 Å². The zero-order valence-electron chi connectivity index (χ0n) is 49.9. The fraction of sp³-hybridized carbons (Fsp3) is 0.518. The van der Waals surface area contributed by atoms with E-state index in [-0.39, 0.29) is 115 Å². The van der Waals surface area contributed by atoms with Crippen LogP contribution in [0.2, 0.25) is 0 Å². The molecule has 1 aromatic carbocycles. The summed E-state index contributed by atoms with van der Waals surface area (Å²) in [5.74, 6) is -9.78. The van der Waals surface area contributed by atoms with E-state index in [9.17, 15) is 68.4 Å². The van der Waals surface area contributed by atoms with Crippen molar-refractivity contribution in [1.82, 2.24) is 47.0 Å². The van der Waals surface area contributed by atoms with Crippen LogP contribution in [0.5, 0.6) is 0 Å². The molecule has 25 N–H and O–H groups in total. The van der Waals surface area contributed by atoms with Gasteiger partial charge >= 0.3 is 5.97 Å². The lowest BCUT2D eigenvalue weighted by atomic mass is 10.0. The predicted octanol–water partition coefficient (Wildman–Crippen LogP) is -6.65. The maximum atomic E-state index is 14.4. The summed E-state index contributed by atoms with van der Waals surface area (Å²) in [4.78, 5) is 153. The number of likely N-dealkylation sites (tertiary alicyclic amines) is 2. The fourth-order valence-corrected chi connectivity index (χ4v) is 11.5. The lowest BCUT2D eigenvalue weighted by molar-refractivity contribution is -0.148. The Balaban J connectivity index is 1.27. The van der Waals surface area contributed by atoms with Crippen LogP contribution in [0, 0.1) is 0 Å². The Morgan fingerprint density at radius 3 is 1.49 bits per heavy atom. The van der Waals surface area contributed by atoms with E-state index in [1.807, 2.05) is 0 Å². The summed E-state index contributed by atoms with van der Waals surface area (Å²) in [6.45, 7) is -2.17. The highest BCUT2D eigenvalue weighted by Crippen LogP contribution is 2.27. The monoisotopic (exact) mass is 1310 g/mol. The smallest absolute Gasteiger partial charge is 0.326 e. The van der Waals surface area contributed by atoms with E-state index in [1.165, 1.54) is 22.7 Å². The number of benzene rings is 1. The number of aliphatic hydroxyl groups excluding tert-OH is 3. The Kier molecular flexibility index (Phi) is 29.2. The molecule has 2 fully saturated rings. The van der Waals surface area contributed by atoms with Crippen LogP contribution in [0.15, 0.2) is 80.3 Å². The van der Waals surface area contributed by atoms with Gasteiger partial charge in [-0.25, -0.2) is 4.79 Å². The van der Waals surface area contributed by atoms with E-state index < -0.39 is 139 Å². The first kappa shape index (κ1) is 72.7. The Hall–Kier alpha value is -9.03. The fourth-order valence-electron chi connectivity index (χ4n) is 9.99. The molecule has 35 heteroatoms. The maximum Gasteiger partial charge on any atom is 0.326 e. The lowest BCUT2D eigenvalue weighted by Crippen LogP contribution is -2.60. The molecular formula is C56H83N19O14S2. The number of aliphatic imine (C=N–C) groups is 3. The summed E-state index contributed by atoms with van der Waals surface area (Å²) in [7, 11) is 0. The number of nitrogens with zero attached hydrogens (tertiary/aromatic N) is 5. The molecule has 91 heavy (non-hydrogen) atoms. The summed E-state index contributed by atoms with van der Waals surface area (Å²) < 4.78 is 0. The first-order valence-electron chi connectivity index (χ1n) is 29.2. The van der Waals surface area contributed by atoms with E-state index in [0.29, 0.717) is 21.7 Å². The van der Waals surface area contributed by atoms with Gasteiger partial charge in [0.1, 0.15) is 48.3 Å². The molecule has 2 saturated heterocycles. The lowest BCUT2D eigenvalue weighted by Gasteiger charge is -2.33. The van der Waals surface area contributed by atoms with Crippen LogP contribution in [0.25, 0.3) is 0 Å². The number of aliphatic hydroxyl groups is 3. The maximum absolute atomic E-state index is 14.4. The second-order valence-corrected chi connectivity index (χ2v) is 23.7. The Labute approximate surface area is 531 Å². The molecule has 0 spiro atoms. The van der Waals surface area contributed by atoms with Crippen molar-refractivity contribution >= 4 is 99.7 Å². The van der Waals surface area contributed by atoms with Crippen molar-refractivity contribution in [2.24, 2.45) is 55.1 Å². The zero-order chi connectivity index (χ0) is 66.7. The van der Waals surface area contributed by atoms with Crippen LogP contribution in [0.4, 0.5) is 0 Å². The minimum Gasteiger partial charge on any atom is -0.480 e. The number of guanidine groups is 3. The van der Waals surface area contributed by atoms with E-state index in [0.717, 1.165) is 9.80 Å². The van der Waals surface area contributed by atoms with E-state index in [2.05, 4.69) is 52.2 Å². The van der Waals surface area contributed by atoms with Gasteiger partial charge in [-0.3, -0.25) is 58.1 Å². The largest absolute Gasteiger partial charge is 0.480 e. The molecule has 11 atom stereocenters. The molecule has 3 aromatic rings. The molecule has 33 nitrogen and oxygen atoms in total. The quantitative estimate of drug-likeness (QED) is 0.0146. The highest BCUT2D eigenvalue weighted by Gasteiger charge is 2.48. The van der Waals surface area contributed by atoms with Crippen molar-refractivity contribution in [3.63, 3.8) is 0 Å². The third kappa shape index (κ3) is 24.0. The minimum atomic E-state index is -1.75. The van der Waals surface area contributed by atoms with Gasteiger partial charge in [0.2, 0.25) is 53.2 Å². The number of carboxylic acid groups (broad SMARTS) is 1. The van der Waals surface area contributed by atoms with Crippen molar-refractivity contribution in [1.29, 1.82) is 0 Å². The number of aliphatic carboxylic acids is 1. The summed E-state index contributed by atoms with van der Waals surface area (Å²) >= 11 is 2.50. The number of thiophene rings is 2. The van der Waals surface area contributed by atoms with Crippen LogP contribution >= 0.6 is 22.7 Å². The number of nitrogens with one attached hydrogen (secondary N) is 7. The van der Waals surface area contributed by atoms with Crippen LogP contribution in [0.1, 0.15) is 66.7 Å². The minimum absolute atomic E-state index is 0.0248. The van der Waals surface area contributed by atoms with Crippen molar-refractivity contribution in [3.8, 4) is 0 Å². The molecule has 0 unspecified atom stereocenters. The average molecular weight is 1310 g/mol. The summed E-state index contributed by atoms with van der Waals surface area (Å²) in [6.07, 6.45) is -2.66. The summed E-state index contributed by atoms with van der Waals surface area (Å²) in [5, 5.41) is 63.4. The highest BCUT2D eigenvalue weighted by molar-refractivity contribution is 7.10. The molecule has 0 bridgehead atoms. The predicted molar refractivity (Wildman–Crippen MR) is 335 cm³/mol. The number of carbonyl (C=O) groups is 10. The van der Waals surface area contributed by atoms with Crippen molar-refractivity contribution < 1.29 is 68.4 Å². The van der Waals surface area contributed by atoms with Crippen molar-refractivity contribution in [2.45, 2.75) is 137 Å². The van der Waals surface area contributed by atoms with E-state index in [1.54, 1.807) is 65.4 Å². The number of hydrogen-bond acceptors (Lipinski definition) is 19. The summed E-state index contributed by atoms with van der Waals surface area (Å²) in [5.41, 5.74) is 39.2. The molecule has 0 saturated carbocycles. The molecule has 2 aliphatic rings. The third-order valence-corrected chi connectivity index (χ3v) is 16.3.